The molecule has 21 heavy (non-hydrogen) atoms. The Balaban J connectivity index is 2.02. The van der Waals surface area contributed by atoms with Gasteiger partial charge in [-0.2, -0.15) is 0 Å². The van der Waals surface area contributed by atoms with Gasteiger partial charge in [-0.25, -0.2) is 24.0 Å². The highest BCUT2D eigenvalue weighted by Gasteiger charge is 2.21. The van der Waals surface area contributed by atoms with Crippen LogP contribution in [0.3, 0.4) is 0 Å². The molecule has 118 valence electrons. The maximum atomic E-state index is 12.2. The predicted octanol–water partition coefficient (Wildman–Crippen LogP) is 0.641. The Kier molecular flexibility index (Phi) is 5.39. The molecule has 4 N–H and O–H groups in total. The van der Waals surface area contributed by atoms with Gasteiger partial charge in [0.1, 0.15) is 4.90 Å². The number of nitrogen functional groups attached to an aromatic ring is 1. The van der Waals surface area contributed by atoms with Crippen LogP contribution in [0.25, 0.3) is 0 Å². The van der Waals surface area contributed by atoms with Crippen molar-refractivity contribution in [1.82, 2.24) is 14.6 Å². The fourth-order valence-electron chi connectivity index (χ4n) is 2.42. The van der Waals surface area contributed by atoms with Crippen LogP contribution in [0.5, 0.6) is 0 Å². The second-order valence-corrected chi connectivity index (χ2v) is 7.44. The highest BCUT2D eigenvalue weighted by atomic mass is 35.5. The van der Waals surface area contributed by atoms with Gasteiger partial charge in [-0.3, -0.25) is 0 Å². The number of anilines is 1. The zero-order chi connectivity index (χ0) is 15.5. The van der Waals surface area contributed by atoms with Crippen molar-refractivity contribution in [2.45, 2.75) is 17.7 Å². The van der Waals surface area contributed by atoms with Crippen molar-refractivity contribution in [3.05, 3.63) is 17.3 Å². The Morgan fingerprint density at radius 2 is 2.33 bits per heavy atom. The molecule has 0 saturated carbocycles. The van der Waals surface area contributed by atoms with Crippen molar-refractivity contribution < 1.29 is 8.42 Å². The van der Waals surface area contributed by atoms with Crippen LogP contribution in [-0.2, 0) is 10.0 Å². The van der Waals surface area contributed by atoms with Gasteiger partial charge in [0.25, 0.3) is 0 Å². The van der Waals surface area contributed by atoms with Crippen molar-refractivity contribution in [2.75, 3.05) is 32.1 Å². The third-order valence-electron chi connectivity index (χ3n) is 3.55. The molecule has 0 aliphatic carbocycles. The minimum absolute atomic E-state index is 0.0377. The smallest absolute Gasteiger partial charge is 0.242 e. The lowest BCUT2D eigenvalue weighted by Crippen LogP contribution is -2.39. The molecule has 0 bridgehead atoms. The van der Waals surface area contributed by atoms with Crippen LogP contribution in [-0.4, -0.2) is 45.0 Å². The predicted molar refractivity (Wildman–Crippen MR) is 82.5 cm³/mol. The van der Waals surface area contributed by atoms with E-state index in [1.165, 1.54) is 12.3 Å². The average molecular weight is 334 g/mol. The Hall–Kier alpha value is -0.930. The summed E-state index contributed by atoms with van der Waals surface area (Å²) >= 11 is 5.90. The van der Waals surface area contributed by atoms with Crippen LogP contribution in [0.1, 0.15) is 12.8 Å². The van der Waals surface area contributed by atoms with Crippen molar-refractivity contribution in [2.24, 2.45) is 11.8 Å². The molecule has 0 amide bonds. The molecule has 9 heteroatoms. The van der Waals surface area contributed by atoms with Gasteiger partial charge in [0, 0.05) is 19.3 Å². The van der Waals surface area contributed by atoms with E-state index in [0.717, 1.165) is 25.9 Å². The molecule has 1 aliphatic heterocycles. The number of pyridine rings is 1. The number of sulfonamides is 1. The number of hydrogen-bond donors (Lipinski definition) is 3. The van der Waals surface area contributed by atoms with Gasteiger partial charge in [-0.05, 0) is 38.4 Å². The molecule has 0 aromatic carbocycles. The molecular formula is C12H20ClN5O2S. The number of nitrogens with one attached hydrogen (secondary N) is 2. The van der Waals surface area contributed by atoms with Crippen LogP contribution in [0.2, 0.25) is 5.02 Å². The van der Waals surface area contributed by atoms with Crippen LogP contribution >= 0.6 is 11.6 Å². The summed E-state index contributed by atoms with van der Waals surface area (Å²) in [5.74, 6) is 5.78. The molecule has 1 aliphatic rings. The minimum atomic E-state index is -3.61. The molecule has 1 atom stereocenters. The van der Waals surface area contributed by atoms with Gasteiger partial charge in [0.05, 0.1) is 5.02 Å². The molecule has 1 aromatic rings. The van der Waals surface area contributed by atoms with Crippen molar-refractivity contribution in [3.63, 3.8) is 0 Å². The molecule has 0 spiro atoms. The van der Waals surface area contributed by atoms with Crippen LogP contribution < -0.4 is 16.0 Å². The van der Waals surface area contributed by atoms with Crippen LogP contribution in [0.15, 0.2) is 17.2 Å². The molecule has 7 nitrogen and oxygen atoms in total. The number of rotatable bonds is 5. The summed E-state index contributed by atoms with van der Waals surface area (Å²) in [5.41, 5.74) is 2.30. The van der Waals surface area contributed by atoms with E-state index in [9.17, 15) is 8.42 Å². The standard InChI is InChI=1S/C12H20ClN5O2S/c1-18-4-2-3-9(8-18)6-16-21(19,20)10-5-11(13)12(17-14)15-7-10/h5,7,9,16H,2-4,6,8,14H2,1H3,(H,15,17). The number of hydrogen-bond acceptors (Lipinski definition) is 6. The first-order chi connectivity index (χ1) is 9.92. The van der Waals surface area contributed by atoms with E-state index in [0.29, 0.717) is 12.5 Å². The number of aromatic nitrogens is 1. The van der Waals surface area contributed by atoms with Crippen molar-refractivity contribution in [1.29, 1.82) is 0 Å². The zero-order valence-electron chi connectivity index (χ0n) is 11.8. The number of piperidine rings is 1. The summed E-state index contributed by atoms with van der Waals surface area (Å²) in [7, 11) is -1.56. The zero-order valence-corrected chi connectivity index (χ0v) is 13.4. The second-order valence-electron chi connectivity index (χ2n) is 5.27. The molecule has 1 unspecified atom stereocenters. The third-order valence-corrected chi connectivity index (χ3v) is 5.23. The Bertz CT molecular complexity index is 595. The summed E-state index contributed by atoms with van der Waals surface area (Å²) in [6.07, 6.45) is 3.35. The quantitative estimate of drug-likeness (QED) is 0.540. The van der Waals surface area contributed by atoms with E-state index >= 15 is 0 Å². The van der Waals surface area contributed by atoms with Crippen molar-refractivity contribution >= 4 is 27.4 Å². The number of likely N-dealkylation sites (tertiary alicyclic amines) is 1. The maximum Gasteiger partial charge on any atom is 0.242 e. The fraction of sp³-hybridized carbons (Fsp3) is 0.583. The fourth-order valence-corrected chi connectivity index (χ4v) is 3.80. The number of hydrazine groups is 1. The van der Waals surface area contributed by atoms with Gasteiger partial charge in [0.15, 0.2) is 5.82 Å². The van der Waals surface area contributed by atoms with Crippen LogP contribution in [0, 0.1) is 5.92 Å². The summed E-state index contributed by atoms with van der Waals surface area (Å²) in [6.45, 7) is 2.38. The van der Waals surface area contributed by atoms with Gasteiger partial charge < -0.3 is 10.3 Å². The molecule has 1 aromatic heterocycles. The van der Waals surface area contributed by atoms with Gasteiger partial charge in [-0.1, -0.05) is 11.6 Å². The van der Waals surface area contributed by atoms with Gasteiger partial charge in [0.2, 0.25) is 10.0 Å². The molecule has 2 rings (SSSR count). The Morgan fingerprint density at radius 3 is 2.95 bits per heavy atom. The van der Waals surface area contributed by atoms with E-state index in [-0.39, 0.29) is 15.7 Å². The van der Waals surface area contributed by atoms with Crippen molar-refractivity contribution in [3.8, 4) is 0 Å². The Morgan fingerprint density at radius 1 is 1.57 bits per heavy atom. The molecule has 0 radical (unpaired) electrons. The lowest BCUT2D eigenvalue weighted by molar-refractivity contribution is 0.211. The molecule has 1 fully saturated rings. The topological polar surface area (TPSA) is 100 Å². The summed E-state index contributed by atoms with van der Waals surface area (Å²) in [4.78, 5) is 6.12. The van der Waals surface area contributed by atoms with E-state index < -0.39 is 10.0 Å². The lowest BCUT2D eigenvalue weighted by Gasteiger charge is -2.29. The van der Waals surface area contributed by atoms with E-state index in [4.69, 9.17) is 17.4 Å². The maximum absolute atomic E-state index is 12.2. The van der Waals surface area contributed by atoms with E-state index in [2.05, 4.69) is 20.0 Å². The van der Waals surface area contributed by atoms with E-state index in [1.54, 1.807) is 0 Å². The van der Waals surface area contributed by atoms with Gasteiger partial charge >= 0.3 is 0 Å². The first-order valence-electron chi connectivity index (χ1n) is 6.73. The summed E-state index contributed by atoms with van der Waals surface area (Å²) in [5, 5.41) is 0.165. The minimum Gasteiger partial charge on any atom is -0.307 e. The van der Waals surface area contributed by atoms with Crippen LogP contribution in [0.4, 0.5) is 5.82 Å². The first kappa shape index (κ1) is 16.4. The third kappa shape index (κ3) is 4.27. The first-order valence-corrected chi connectivity index (χ1v) is 8.59. The lowest BCUT2D eigenvalue weighted by atomic mass is 9.99. The molecule has 2 heterocycles. The number of nitrogens with two attached hydrogens (primary N) is 1. The number of halogens is 1. The highest BCUT2D eigenvalue weighted by molar-refractivity contribution is 7.89. The normalized spacial score (nSPS) is 20.4. The number of nitrogens with zero attached hydrogens (tertiary/aromatic N) is 2. The molecule has 1 saturated heterocycles. The monoisotopic (exact) mass is 333 g/mol. The summed E-state index contributed by atoms with van der Waals surface area (Å²) in [6, 6.07) is 1.33. The highest BCUT2D eigenvalue weighted by Crippen LogP contribution is 2.22. The SMILES string of the molecule is CN1CCCC(CNS(=O)(=O)c2cnc(NN)c(Cl)c2)C1. The molecular weight excluding hydrogens is 314 g/mol. The average Bonchev–Trinajstić information content (AvgIpc) is 2.45. The van der Waals surface area contributed by atoms with E-state index in [1.807, 2.05) is 7.05 Å². The second kappa shape index (κ2) is 6.89. The van der Waals surface area contributed by atoms with Gasteiger partial charge in [-0.15, -0.1) is 0 Å². The summed E-state index contributed by atoms with van der Waals surface area (Å²) < 4.78 is 27.1. The Labute approximate surface area is 129 Å². The largest absolute Gasteiger partial charge is 0.307 e.